The van der Waals surface area contributed by atoms with Crippen molar-refractivity contribution in [2.24, 2.45) is 0 Å². The molecule has 8 heteroatoms. The molecule has 0 aliphatic carbocycles. The number of nitrogens with zero attached hydrogens (tertiary/aromatic N) is 2. The Morgan fingerprint density at radius 3 is 2.33 bits per heavy atom. The van der Waals surface area contributed by atoms with Crippen LogP contribution in [-0.2, 0) is 11.4 Å². The van der Waals surface area contributed by atoms with Gasteiger partial charge in [-0.25, -0.2) is 0 Å². The fraction of sp³-hybridized carbons (Fsp3) is 0.0769. The molecule has 2 rings (SSSR count). The lowest BCUT2D eigenvalue weighted by molar-refractivity contribution is -0.393. The van der Waals surface area contributed by atoms with Crippen LogP contribution in [0.4, 0.5) is 17.1 Å². The van der Waals surface area contributed by atoms with Crippen LogP contribution in [0.2, 0.25) is 0 Å². The van der Waals surface area contributed by atoms with Gasteiger partial charge >= 0.3 is 5.69 Å². The highest BCUT2D eigenvalue weighted by molar-refractivity contribution is 5.64. The second kappa shape index (κ2) is 6.44. The van der Waals surface area contributed by atoms with E-state index in [1.54, 1.807) is 0 Å². The van der Waals surface area contributed by atoms with Crippen molar-refractivity contribution >= 4 is 17.1 Å². The predicted molar refractivity (Wildman–Crippen MR) is 74.6 cm³/mol. The van der Waals surface area contributed by atoms with Crippen molar-refractivity contribution in [1.29, 1.82) is 0 Å². The zero-order valence-electron chi connectivity index (χ0n) is 10.8. The zero-order valence-corrected chi connectivity index (χ0v) is 10.8. The summed E-state index contributed by atoms with van der Waals surface area (Å²) in [7, 11) is 0. The molecule has 0 atom stereocenters. The Balaban J connectivity index is 2.09. The highest BCUT2D eigenvalue weighted by Crippen LogP contribution is 2.28. The van der Waals surface area contributed by atoms with E-state index in [2.05, 4.69) is 5.48 Å². The highest BCUT2D eigenvalue weighted by Gasteiger charge is 2.19. The van der Waals surface area contributed by atoms with Crippen LogP contribution in [0.3, 0.4) is 0 Å². The summed E-state index contributed by atoms with van der Waals surface area (Å²) in [6.07, 6.45) is 0. The van der Waals surface area contributed by atoms with E-state index in [-0.39, 0.29) is 18.0 Å². The number of non-ortho nitro benzene ring substituents is 1. The molecule has 2 aromatic carbocycles. The maximum absolute atomic E-state index is 10.9. The number of benzene rings is 2. The normalized spacial score (nSPS) is 10.1. The van der Waals surface area contributed by atoms with Gasteiger partial charge in [-0.1, -0.05) is 30.3 Å². The van der Waals surface area contributed by atoms with Gasteiger partial charge < -0.3 is 0 Å². The van der Waals surface area contributed by atoms with Crippen LogP contribution in [-0.4, -0.2) is 9.85 Å². The molecule has 0 saturated carbocycles. The van der Waals surface area contributed by atoms with Gasteiger partial charge in [-0.05, 0) is 11.6 Å². The van der Waals surface area contributed by atoms with E-state index in [9.17, 15) is 20.2 Å². The monoisotopic (exact) mass is 289 g/mol. The molecular weight excluding hydrogens is 278 g/mol. The molecule has 0 spiro atoms. The minimum absolute atomic E-state index is 0.0570. The maximum atomic E-state index is 10.9. The standard InChI is InChI=1S/C13H11N3O5/c17-15(18)11-6-7-12(13(8-11)16(19)20)14-21-9-10-4-2-1-3-5-10/h1-8,14H,9H2. The van der Waals surface area contributed by atoms with Gasteiger partial charge in [0.1, 0.15) is 5.69 Å². The lowest BCUT2D eigenvalue weighted by atomic mass is 10.2. The molecule has 0 aliphatic rings. The molecule has 0 aromatic heterocycles. The molecule has 0 bridgehead atoms. The number of nitro groups is 2. The minimum Gasteiger partial charge on any atom is -0.271 e. The Hall–Kier alpha value is -3.00. The van der Waals surface area contributed by atoms with E-state index < -0.39 is 15.5 Å². The number of anilines is 1. The smallest absolute Gasteiger partial charge is 0.271 e. The quantitative estimate of drug-likeness (QED) is 0.646. The first kappa shape index (κ1) is 14.4. The topological polar surface area (TPSA) is 108 Å². The van der Waals surface area contributed by atoms with Crippen LogP contribution in [0.25, 0.3) is 0 Å². The number of nitrogens with one attached hydrogen (secondary N) is 1. The fourth-order valence-electron chi connectivity index (χ4n) is 1.64. The van der Waals surface area contributed by atoms with Crippen LogP contribution in [0.1, 0.15) is 5.56 Å². The number of hydrogen-bond acceptors (Lipinski definition) is 6. The van der Waals surface area contributed by atoms with Crippen molar-refractivity contribution in [1.82, 2.24) is 0 Å². The van der Waals surface area contributed by atoms with E-state index in [4.69, 9.17) is 4.84 Å². The Morgan fingerprint density at radius 1 is 1.00 bits per heavy atom. The Bertz CT molecular complexity index is 660. The molecule has 108 valence electrons. The van der Waals surface area contributed by atoms with E-state index >= 15 is 0 Å². The number of rotatable bonds is 6. The molecule has 0 aliphatic heterocycles. The van der Waals surface area contributed by atoms with Gasteiger partial charge in [-0.3, -0.25) is 30.5 Å². The van der Waals surface area contributed by atoms with Crippen molar-refractivity contribution in [2.75, 3.05) is 5.48 Å². The third-order valence-electron chi connectivity index (χ3n) is 2.65. The summed E-state index contributed by atoms with van der Waals surface area (Å²) in [5, 5.41) is 21.5. The molecule has 0 saturated heterocycles. The van der Waals surface area contributed by atoms with Gasteiger partial charge in [0.15, 0.2) is 0 Å². The van der Waals surface area contributed by atoms with E-state index in [0.29, 0.717) is 0 Å². The first-order valence-corrected chi connectivity index (χ1v) is 5.92. The highest BCUT2D eigenvalue weighted by atomic mass is 16.6. The second-order valence-corrected chi connectivity index (χ2v) is 4.09. The predicted octanol–water partition coefficient (Wildman–Crippen LogP) is 3.05. The number of hydrogen-bond donors (Lipinski definition) is 1. The second-order valence-electron chi connectivity index (χ2n) is 4.09. The lowest BCUT2D eigenvalue weighted by Gasteiger charge is -2.07. The molecule has 0 amide bonds. The minimum atomic E-state index is -0.707. The average molecular weight is 289 g/mol. The van der Waals surface area contributed by atoms with Gasteiger partial charge in [0.05, 0.1) is 22.5 Å². The van der Waals surface area contributed by atoms with Gasteiger partial charge in [0, 0.05) is 6.07 Å². The molecule has 0 fully saturated rings. The van der Waals surface area contributed by atoms with Crippen LogP contribution >= 0.6 is 0 Å². The molecular formula is C13H11N3O5. The van der Waals surface area contributed by atoms with Crippen molar-refractivity contribution in [3.8, 4) is 0 Å². The van der Waals surface area contributed by atoms with Crippen molar-refractivity contribution in [3.63, 3.8) is 0 Å². The lowest BCUT2D eigenvalue weighted by Crippen LogP contribution is -2.04. The summed E-state index contributed by atoms with van der Waals surface area (Å²) in [5.41, 5.74) is 2.62. The van der Waals surface area contributed by atoms with Gasteiger partial charge in [-0.2, -0.15) is 0 Å². The van der Waals surface area contributed by atoms with Crippen molar-refractivity contribution in [3.05, 3.63) is 74.3 Å². The Morgan fingerprint density at radius 2 is 1.71 bits per heavy atom. The van der Waals surface area contributed by atoms with Crippen LogP contribution < -0.4 is 5.48 Å². The fourth-order valence-corrected chi connectivity index (χ4v) is 1.64. The molecule has 8 nitrogen and oxygen atoms in total. The maximum Gasteiger partial charge on any atom is 0.301 e. The van der Waals surface area contributed by atoms with Crippen LogP contribution in [0.5, 0.6) is 0 Å². The van der Waals surface area contributed by atoms with E-state index in [0.717, 1.165) is 11.6 Å². The SMILES string of the molecule is O=[N+]([O-])c1ccc(NOCc2ccccc2)c([N+](=O)[O-])c1. The van der Waals surface area contributed by atoms with Crippen molar-refractivity contribution < 1.29 is 14.7 Å². The first-order chi connectivity index (χ1) is 10.1. The summed E-state index contributed by atoms with van der Waals surface area (Å²) in [4.78, 5) is 25.3. The summed E-state index contributed by atoms with van der Waals surface area (Å²) in [5.74, 6) is 0. The summed E-state index contributed by atoms with van der Waals surface area (Å²) < 4.78 is 0. The van der Waals surface area contributed by atoms with Crippen LogP contribution in [0.15, 0.2) is 48.5 Å². The van der Waals surface area contributed by atoms with E-state index in [1.807, 2.05) is 30.3 Å². The third kappa shape index (κ3) is 3.74. The zero-order chi connectivity index (χ0) is 15.2. The summed E-state index contributed by atoms with van der Waals surface area (Å²) >= 11 is 0. The summed E-state index contributed by atoms with van der Waals surface area (Å²) in [6.45, 7) is 0.203. The largest absolute Gasteiger partial charge is 0.301 e. The molecule has 0 radical (unpaired) electrons. The summed E-state index contributed by atoms with van der Waals surface area (Å²) in [6, 6.07) is 12.5. The third-order valence-corrected chi connectivity index (χ3v) is 2.65. The molecule has 0 unspecified atom stereocenters. The molecule has 21 heavy (non-hydrogen) atoms. The van der Waals surface area contributed by atoms with Gasteiger partial charge in [0.2, 0.25) is 0 Å². The van der Waals surface area contributed by atoms with Crippen LogP contribution in [0, 0.1) is 20.2 Å². The average Bonchev–Trinajstić information content (AvgIpc) is 2.48. The first-order valence-electron chi connectivity index (χ1n) is 5.92. The van der Waals surface area contributed by atoms with Crippen molar-refractivity contribution in [2.45, 2.75) is 6.61 Å². The molecule has 2 aromatic rings. The number of nitro benzene ring substituents is 2. The Kier molecular flexibility index (Phi) is 4.42. The van der Waals surface area contributed by atoms with E-state index in [1.165, 1.54) is 12.1 Å². The Labute approximate surface area is 119 Å². The molecule has 0 heterocycles. The van der Waals surface area contributed by atoms with Gasteiger partial charge in [-0.15, -0.1) is 0 Å². The van der Waals surface area contributed by atoms with Gasteiger partial charge in [0.25, 0.3) is 5.69 Å². The molecule has 1 N–H and O–H groups in total.